The summed E-state index contributed by atoms with van der Waals surface area (Å²) in [6, 6.07) is 0. The zero-order valence-corrected chi connectivity index (χ0v) is 12.9. The van der Waals surface area contributed by atoms with Crippen LogP contribution in [0, 0.1) is 6.92 Å². The molecule has 10 heteroatoms. The highest BCUT2D eigenvalue weighted by atomic mass is 16.6. The first-order valence-electron chi connectivity index (χ1n) is 7.43. The Kier molecular flexibility index (Phi) is 4.42. The minimum atomic E-state index is -1.68. The van der Waals surface area contributed by atoms with E-state index in [2.05, 4.69) is 9.97 Å². The van der Waals surface area contributed by atoms with Gasteiger partial charge in [-0.3, -0.25) is 0 Å². The molecule has 10 nitrogen and oxygen atoms in total. The van der Waals surface area contributed by atoms with Crippen LogP contribution in [-0.4, -0.2) is 77.2 Å². The molecule has 0 aromatic carbocycles. The number of nitrogens with zero attached hydrogens (tertiary/aromatic N) is 3. The lowest BCUT2D eigenvalue weighted by atomic mass is 10.0. The molecule has 24 heavy (non-hydrogen) atoms. The largest absolute Gasteiger partial charge is 0.394 e. The van der Waals surface area contributed by atoms with Gasteiger partial charge in [-0.2, -0.15) is 0 Å². The van der Waals surface area contributed by atoms with Crippen LogP contribution in [0.4, 0.5) is 5.82 Å². The Balaban J connectivity index is 2.12. The van der Waals surface area contributed by atoms with E-state index in [0.717, 1.165) is 5.56 Å². The van der Waals surface area contributed by atoms with Gasteiger partial charge in [0.15, 0.2) is 6.23 Å². The standard InChI is InChI=1S/C14H20N4O6/c1-5-2-18(13-7(5)12(15)16-4-17-13)14-11(23)10(22)9(21)8(20)6(3-19)24-14/h2,4,6,8-11,14,19-23H,3H2,1H3,(H2,15,16,17)/t6-,8-,9+,10-,11-,14-/m1/s1. The fourth-order valence-electron chi connectivity index (χ4n) is 3.01. The average Bonchev–Trinajstić information content (AvgIpc) is 2.88. The summed E-state index contributed by atoms with van der Waals surface area (Å²) in [6.07, 6.45) is -6.04. The summed E-state index contributed by atoms with van der Waals surface area (Å²) >= 11 is 0. The highest BCUT2D eigenvalue weighted by Gasteiger charge is 2.45. The van der Waals surface area contributed by atoms with Gasteiger partial charge in [0.1, 0.15) is 48.3 Å². The second-order valence-electron chi connectivity index (χ2n) is 5.89. The molecule has 0 amide bonds. The lowest BCUT2D eigenvalue weighted by Gasteiger charge is -2.27. The number of hydrogen-bond donors (Lipinski definition) is 6. The van der Waals surface area contributed by atoms with E-state index in [-0.39, 0.29) is 5.82 Å². The van der Waals surface area contributed by atoms with E-state index in [9.17, 15) is 25.5 Å². The van der Waals surface area contributed by atoms with E-state index in [1.807, 2.05) is 0 Å². The maximum absolute atomic E-state index is 10.4. The molecule has 0 spiro atoms. The minimum Gasteiger partial charge on any atom is -0.394 e. The molecule has 1 aliphatic heterocycles. The van der Waals surface area contributed by atoms with E-state index < -0.39 is 43.4 Å². The molecular weight excluding hydrogens is 320 g/mol. The van der Waals surface area contributed by atoms with Crippen LogP contribution >= 0.6 is 0 Å². The van der Waals surface area contributed by atoms with Crippen molar-refractivity contribution >= 4 is 16.9 Å². The second-order valence-corrected chi connectivity index (χ2v) is 5.89. The van der Waals surface area contributed by atoms with E-state index in [1.165, 1.54) is 10.9 Å². The first kappa shape index (κ1) is 17.0. The van der Waals surface area contributed by atoms with Crippen molar-refractivity contribution in [2.45, 2.75) is 43.7 Å². The van der Waals surface area contributed by atoms with Crippen molar-refractivity contribution in [2.24, 2.45) is 0 Å². The second kappa shape index (κ2) is 6.24. The lowest BCUT2D eigenvalue weighted by Crippen LogP contribution is -2.47. The fraction of sp³-hybridized carbons (Fsp3) is 0.571. The Hall–Kier alpha value is -1.82. The quantitative estimate of drug-likeness (QED) is 0.351. The number of aliphatic hydroxyl groups is 5. The van der Waals surface area contributed by atoms with E-state index >= 15 is 0 Å². The third kappa shape index (κ3) is 2.53. The summed E-state index contributed by atoms with van der Waals surface area (Å²) in [5, 5.41) is 50.3. The first-order valence-corrected chi connectivity index (χ1v) is 7.43. The molecule has 0 radical (unpaired) electrons. The molecule has 7 N–H and O–H groups in total. The van der Waals surface area contributed by atoms with Crippen LogP contribution in [0.2, 0.25) is 0 Å². The Morgan fingerprint density at radius 2 is 1.79 bits per heavy atom. The highest BCUT2D eigenvalue weighted by Crippen LogP contribution is 2.32. The predicted octanol–water partition coefficient (Wildman–Crippen LogP) is -2.34. The molecule has 2 aromatic rings. The number of anilines is 1. The van der Waals surface area contributed by atoms with E-state index in [1.54, 1.807) is 13.1 Å². The summed E-state index contributed by atoms with van der Waals surface area (Å²) in [7, 11) is 0. The average molecular weight is 340 g/mol. The number of aromatic nitrogens is 3. The van der Waals surface area contributed by atoms with Gasteiger partial charge in [0.05, 0.1) is 12.0 Å². The number of nitrogens with two attached hydrogens (primary N) is 1. The number of ether oxygens (including phenoxy) is 1. The van der Waals surface area contributed by atoms with Crippen molar-refractivity contribution in [1.29, 1.82) is 0 Å². The number of aryl methyl sites for hydroxylation is 1. The lowest BCUT2D eigenvalue weighted by molar-refractivity contribution is -0.149. The Bertz CT molecular complexity index is 735. The predicted molar refractivity (Wildman–Crippen MR) is 81.7 cm³/mol. The molecule has 6 atom stereocenters. The van der Waals surface area contributed by atoms with Crippen LogP contribution < -0.4 is 5.73 Å². The zero-order valence-electron chi connectivity index (χ0n) is 12.9. The first-order chi connectivity index (χ1) is 11.4. The smallest absolute Gasteiger partial charge is 0.164 e. The van der Waals surface area contributed by atoms with Crippen LogP contribution in [0.1, 0.15) is 11.8 Å². The van der Waals surface area contributed by atoms with Crippen molar-refractivity contribution in [1.82, 2.24) is 14.5 Å². The number of fused-ring (bicyclic) bond motifs is 1. The molecule has 0 bridgehead atoms. The molecule has 2 aromatic heterocycles. The zero-order chi connectivity index (χ0) is 17.6. The van der Waals surface area contributed by atoms with Gasteiger partial charge in [-0.15, -0.1) is 0 Å². The van der Waals surface area contributed by atoms with Gasteiger partial charge >= 0.3 is 0 Å². The van der Waals surface area contributed by atoms with Crippen LogP contribution in [-0.2, 0) is 4.74 Å². The third-order valence-corrected chi connectivity index (χ3v) is 4.32. The van der Waals surface area contributed by atoms with Crippen molar-refractivity contribution in [3.05, 3.63) is 18.1 Å². The molecule has 1 fully saturated rings. The van der Waals surface area contributed by atoms with Crippen LogP contribution in [0.5, 0.6) is 0 Å². The summed E-state index contributed by atoms with van der Waals surface area (Å²) in [6.45, 7) is 1.16. The van der Waals surface area contributed by atoms with Gasteiger partial charge in [-0.05, 0) is 12.5 Å². The van der Waals surface area contributed by atoms with Crippen molar-refractivity contribution in [3.63, 3.8) is 0 Å². The van der Waals surface area contributed by atoms with Crippen molar-refractivity contribution in [2.75, 3.05) is 12.3 Å². The Labute approximate surface area is 136 Å². The molecule has 1 saturated heterocycles. The monoisotopic (exact) mass is 340 g/mol. The number of rotatable bonds is 2. The molecule has 3 rings (SSSR count). The number of hydrogen-bond acceptors (Lipinski definition) is 9. The fourth-order valence-corrected chi connectivity index (χ4v) is 3.01. The molecule has 132 valence electrons. The minimum absolute atomic E-state index is 0.249. The SMILES string of the molecule is Cc1cn([C@@H]2O[C@H](CO)[C@@H](O)[C@H](O)[C@@H](O)[C@H]2O)c2ncnc(N)c12. The Morgan fingerprint density at radius 1 is 1.12 bits per heavy atom. The van der Waals surface area contributed by atoms with Crippen LogP contribution in [0.3, 0.4) is 0 Å². The van der Waals surface area contributed by atoms with Gasteiger partial charge in [-0.25, -0.2) is 9.97 Å². The van der Waals surface area contributed by atoms with Gasteiger partial charge in [-0.1, -0.05) is 0 Å². The summed E-state index contributed by atoms with van der Waals surface area (Å²) in [5.74, 6) is 0.249. The highest BCUT2D eigenvalue weighted by molar-refractivity contribution is 5.89. The molecule has 1 aliphatic rings. The van der Waals surface area contributed by atoms with E-state index in [0.29, 0.717) is 11.0 Å². The molecule has 3 heterocycles. The van der Waals surface area contributed by atoms with Gasteiger partial charge in [0.25, 0.3) is 0 Å². The van der Waals surface area contributed by atoms with E-state index in [4.69, 9.17) is 10.5 Å². The summed E-state index contributed by atoms with van der Waals surface area (Å²) in [4.78, 5) is 8.04. The topological polar surface area (TPSA) is 167 Å². The maximum atomic E-state index is 10.4. The Morgan fingerprint density at radius 3 is 2.46 bits per heavy atom. The molecule has 0 unspecified atom stereocenters. The summed E-state index contributed by atoms with van der Waals surface area (Å²) < 4.78 is 7.00. The van der Waals surface area contributed by atoms with Crippen molar-refractivity contribution in [3.8, 4) is 0 Å². The number of nitrogen functional groups attached to an aromatic ring is 1. The normalized spacial score (nSPS) is 34.4. The maximum Gasteiger partial charge on any atom is 0.164 e. The molecule has 0 aliphatic carbocycles. The van der Waals surface area contributed by atoms with Gasteiger partial charge in [0.2, 0.25) is 0 Å². The van der Waals surface area contributed by atoms with Crippen LogP contribution in [0.25, 0.3) is 11.0 Å². The van der Waals surface area contributed by atoms with Gasteiger partial charge < -0.3 is 40.6 Å². The molecule has 0 saturated carbocycles. The van der Waals surface area contributed by atoms with Gasteiger partial charge in [0, 0.05) is 6.20 Å². The van der Waals surface area contributed by atoms with Crippen LogP contribution in [0.15, 0.2) is 12.5 Å². The van der Waals surface area contributed by atoms with Crippen molar-refractivity contribution < 1.29 is 30.3 Å². The summed E-state index contributed by atoms with van der Waals surface area (Å²) in [5.41, 5.74) is 6.93. The number of aliphatic hydroxyl groups excluding tert-OH is 5. The third-order valence-electron chi connectivity index (χ3n) is 4.32. The molecular formula is C14H20N4O6.